The number of amides is 2. The van der Waals surface area contributed by atoms with Crippen molar-refractivity contribution in [3.63, 3.8) is 0 Å². The molecule has 2 heterocycles. The molecule has 1 saturated heterocycles. The second-order valence-electron chi connectivity index (χ2n) is 9.36. The van der Waals surface area contributed by atoms with Gasteiger partial charge in [0.05, 0.1) is 5.69 Å². The van der Waals surface area contributed by atoms with Crippen LogP contribution in [0.3, 0.4) is 0 Å². The molecule has 36 heavy (non-hydrogen) atoms. The Hall–Kier alpha value is -3.06. The molecule has 0 radical (unpaired) electrons. The zero-order valence-corrected chi connectivity index (χ0v) is 21.2. The van der Waals surface area contributed by atoms with Crippen LogP contribution < -0.4 is 15.8 Å². The normalized spacial score (nSPS) is 16.9. The third-order valence-electron chi connectivity index (χ3n) is 6.98. The van der Waals surface area contributed by atoms with Crippen molar-refractivity contribution in [1.29, 1.82) is 0 Å². The minimum absolute atomic E-state index is 0.207. The van der Waals surface area contributed by atoms with Crippen LogP contribution in [0.2, 0.25) is 10.0 Å². The van der Waals surface area contributed by atoms with E-state index in [2.05, 4.69) is 27.8 Å². The van der Waals surface area contributed by atoms with Crippen molar-refractivity contribution in [3.05, 3.63) is 99.8 Å². The van der Waals surface area contributed by atoms with E-state index in [9.17, 15) is 9.18 Å². The molecule has 1 fully saturated rings. The van der Waals surface area contributed by atoms with Gasteiger partial charge in [0.25, 0.3) is 0 Å². The number of halogens is 3. The summed E-state index contributed by atoms with van der Waals surface area (Å²) in [5.74, 6) is -0.256. The summed E-state index contributed by atoms with van der Waals surface area (Å²) in [7, 11) is 0. The lowest BCUT2D eigenvalue weighted by Crippen LogP contribution is -2.49. The van der Waals surface area contributed by atoms with E-state index < -0.39 is 0 Å². The van der Waals surface area contributed by atoms with Gasteiger partial charge in [-0.2, -0.15) is 0 Å². The standard InChI is InChI=1S/C28H27Cl2FN4O/c29-21-5-3-20(4-6-21)2-1-15-34-16-13-28(14-17-34)19-35(26-12-9-23(31)18-25(26)28)33-27(36)32-24-10-7-22(30)8-11-24/h1-12,18H,13-17,19H2,(H2,32,33,36)/b2-1+. The van der Waals surface area contributed by atoms with Gasteiger partial charge in [-0.3, -0.25) is 9.91 Å². The fourth-order valence-electron chi connectivity index (χ4n) is 5.06. The first-order valence-electron chi connectivity index (χ1n) is 12.0. The van der Waals surface area contributed by atoms with Gasteiger partial charge in [0, 0.05) is 34.2 Å². The van der Waals surface area contributed by atoms with E-state index in [0.29, 0.717) is 17.3 Å². The number of fused-ring (bicyclic) bond motifs is 2. The van der Waals surface area contributed by atoms with Gasteiger partial charge < -0.3 is 5.32 Å². The van der Waals surface area contributed by atoms with E-state index in [1.165, 1.54) is 6.07 Å². The smallest absolute Gasteiger partial charge is 0.307 e. The number of carbonyl (C=O) groups is 1. The van der Waals surface area contributed by atoms with Gasteiger partial charge in [-0.15, -0.1) is 0 Å². The van der Waals surface area contributed by atoms with Gasteiger partial charge in [0.15, 0.2) is 0 Å². The largest absolute Gasteiger partial charge is 0.338 e. The average Bonchev–Trinajstić information content (AvgIpc) is 3.15. The van der Waals surface area contributed by atoms with E-state index in [-0.39, 0.29) is 17.3 Å². The minimum Gasteiger partial charge on any atom is -0.307 e. The summed E-state index contributed by atoms with van der Waals surface area (Å²) in [6, 6.07) is 19.2. The van der Waals surface area contributed by atoms with Crippen LogP contribution in [-0.4, -0.2) is 37.1 Å². The Morgan fingerprint density at radius 1 is 0.972 bits per heavy atom. The molecule has 0 saturated carbocycles. The third-order valence-corrected chi connectivity index (χ3v) is 7.48. The summed E-state index contributed by atoms with van der Waals surface area (Å²) in [5.41, 5.74) is 6.31. The number of hydrogen-bond acceptors (Lipinski definition) is 3. The Labute approximate surface area is 220 Å². The first-order chi connectivity index (χ1) is 17.4. The zero-order valence-electron chi connectivity index (χ0n) is 19.7. The molecule has 2 aliphatic rings. The molecule has 186 valence electrons. The summed E-state index contributed by atoms with van der Waals surface area (Å²) in [6.45, 7) is 3.24. The molecule has 0 aromatic heterocycles. The van der Waals surface area contributed by atoms with Gasteiger partial charge in [-0.05, 0) is 91.7 Å². The molecule has 0 bridgehead atoms. The molecule has 0 unspecified atom stereocenters. The maximum absolute atomic E-state index is 14.3. The SMILES string of the molecule is O=C(Nc1ccc(Cl)cc1)NN1CC2(CCN(C/C=C/c3ccc(Cl)cc3)CC2)c2cc(F)ccc21. The fourth-order valence-corrected chi connectivity index (χ4v) is 5.31. The maximum atomic E-state index is 14.3. The molecule has 5 rings (SSSR count). The monoisotopic (exact) mass is 524 g/mol. The predicted octanol–water partition coefficient (Wildman–Crippen LogP) is 6.74. The summed E-state index contributed by atoms with van der Waals surface area (Å²) in [6.07, 6.45) is 6.04. The first-order valence-corrected chi connectivity index (χ1v) is 12.7. The first kappa shape index (κ1) is 24.6. The van der Waals surface area contributed by atoms with Crippen LogP contribution in [0, 0.1) is 5.82 Å². The summed E-state index contributed by atoms with van der Waals surface area (Å²) >= 11 is 11.9. The highest BCUT2D eigenvalue weighted by Gasteiger charge is 2.45. The van der Waals surface area contributed by atoms with Gasteiger partial charge >= 0.3 is 6.03 Å². The maximum Gasteiger partial charge on any atom is 0.338 e. The number of urea groups is 1. The topological polar surface area (TPSA) is 47.6 Å². The summed E-state index contributed by atoms with van der Waals surface area (Å²) < 4.78 is 14.3. The number of hydrazine groups is 1. The minimum atomic E-state index is -0.352. The van der Waals surface area contributed by atoms with Gasteiger partial charge in [-0.25, -0.2) is 14.6 Å². The zero-order chi connectivity index (χ0) is 25.1. The summed E-state index contributed by atoms with van der Waals surface area (Å²) in [4.78, 5) is 15.1. The molecule has 5 nitrogen and oxygen atoms in total. The van der Waals surface area contributed by atoms with Crippen LogP contribution in [0.4, 0.5) is 20.6 Å². The van der Waals surface area contributed by atoms with Crippen LogP contribution >= 0.6 is 23.2 Å². The highest BCUT2D eigenvalue weighted by molar-refractivity contribution is 6.30. The van der Waals surface area contributed by atoms with E-state index in [1.54, 1.807) is 36.4 Å². The lowest BCUT2D eigenvalue weighted by atomic mass is 9.74. The van der Waals surface area contributed by atoms with Crippen molar-refractivity contribution in [1.82, 2.24) is 10.3 Å². The third kappa shape index (κ3) is 5.51. The number of anilines is 2. The number of nitrogens with zero attached hydrogens (tertiary/aromatic N) is 2. The Bertz CT molecular complexity index is 1260. The Morgan fingerprint density at radius 3 is 2.33 bits per heavy atom. The predicted molar refractivity (Wildman–Crippen MR) is 145 cm³/mol. The van der Waals surface area contributed by atoms with E-state index in [1.807, 2.05) is 29.3 Å². The van der Waals surface area contributed by atoms with Crippen molar-refractivity contribution in [2.75, 3.05) is 36.5 Å². The number of hydrogen-bond donors (Lipinski definition) is 2. The number of carbonyl (C=O) groups excluding carboxylic acids is 1. The lowest BCUT2D eigenvalue weighted by molar-refractivity contribution is 0.179. The van der Waals surface area contributed by atoms with Crippen LogP contribution in [0.15, 0.2) is 72.8 Å². The second-order valence-corrected chi connectivity index (χ2v) is 10.2. The fraction of sp³-hybridized carbons (Fsp3) is 0.250. The number of likely N-dealkylation sites (tertiary alicyclic amines) is 1. The van der Waals surface area contributed by atoms with Crippen LogP contribution in [0.25, 0.3) is 6.08 Å². The van der Waals surface area contributed by atoms with Crippen molar-refractivity contribution >= 4 is 46.7 Å². The lowest BCUT2D eigenvalue weighted by Gasteiger charge is -2.39. The van der Waals surface area contributed by atoms with Gasteiger partial charge in [0.2, 0.25) is 0 Å². The van der Waals surface area contributed by atoms with Crippen molar-refractivity contribution in [3.8, 4) is 0 Å². The molecule has 0 atom stereocenters. The molecule has 3 aromatic rings. The number of piperidine rings is 1. The van der Waals surface area contributed by atoms with Crippen molar-refractivity contribution in [2.24, 2.45) is 0 Å². The number of nitrogens with one attached hydrogen (secondary N) is 2. The van der Waals surface area contributed by atoms with Crippen molar-refractivity contribution in [2.45, 2.75) is 18.3 Å². The quantitative estimate of drug-likeness (QED) is 0.388. The molecule has 2 amide bonds. The highest BCUT2D eigenvalue weighted by atomic mass is 35.5. The average molecular weight is 525 g/mol. The number of benzene rings is 3. The Morgan fingerprint density at radius 2 is 1.64 bits per heavy atom. The van der Waals surface area contributed by atoms with E-state index in [4.69, 9.17) is 23.2 Å². The highest BCUT2D eigenvalue weighted by Crippen LogP contribution is 2.46. The van der Waals surface area contributed by atoms with Crippen LogP contribution in [0.1, 0.15) is 24.0 Å². The molecule has 2 N–H and O–H groups in total. The van der Waals surface area contributed by atoms with E-state index in [0.717, 1.165) is 54.3 Å². The molecular formula is C28H27Cl2FN4O. The molecule has 3 aromatic carbocycles. The van der Waals surface area contributed by atoms with E-state index >= 15 is 0 Å². The molecule has 0 aliphatic carbocycles. The van der Waals surface area contributed by atoms with Gasteiger partial charge in [0.1, 0.15) is 5.82 Å². The molecule has 1 spiro atoms. The number of rotatable bonds is 5. The molecular weight excluding hydrogens is 498 g/mol. The van der Waals surface area contributed by atoms with Gasteiger partial charge in [-0.1, -0.05) is 47.5 Å². The second kappa shape index (κ2) is 10.5. The molecule has 8 heteroatoms. The van der Waals surface area contributed by atoms with Crippen LogP contribution in [-0.2, 0) is 5.41 Å². The van der Waals surface area contributed by atoms with Crippen molar-refractivity contribution < 1.29 is 9.18 Å². The Balaban J connectivity index is 1.23. The summed E-state index contributed by atoms with van der Waals surface area (Å²) in [5, 5.41) is 6.00. The molecule has 2 aliphatic heterocycles. The Kier molecular flexibility index (Phi) is 7.19. The van der Waals surface area contributed by atoms with Crippen LogP contribution in [0.5, 0.6) is 0 Å².